The van der Waals surface area contributed by atoms with Crippen molar-refractivity contribution >= 4 is 21.7 Å². The van der Waals surface area contributed by atoms with Gasteiger partial charge < -0.3 is 9.90 Å². The molecule has 0 saturated heterocycles. The number of hydrogen-bond acceptors (Lipinski definition) is 4. The summed E-state index contributed by atoms with van der Waals surface area (Å²) in [4.78, 5) is 13.2. The van der Waals surface area contributed by atoms with Crippen molar-refractivity contribution in [3.8, 4) is 0 Å². The minimum absolute atomic E-state index is 0. The number of carbonyl (C=O) groups is 1. The maximum atomic E-state index is 11.6. The summed E-state index contributed by atoms with van der Waals surface area (Å²) in [6.07, 6.45) is 0. The number of benzene rings is 1. The van der Waals surface area contributed by atoms with E-state index in [9.17, 15) is 18.3 Å². The number of nitrogens with zero attached hydrogens (tertiary/aromatic N) is 1. The molecule has 0 spiro atoms. The molecule has 0 aliphatic rings. The Hall–Kier alpha value is -0.274. The van der Waals surface area contributed by atoms with E-state index < -0.39 is 22.5 Å². The van der Waals surface area contributed by atoms with Crippen LogP contribution in [0.15, 0.2) is 23.1 Å². The second-order valence-electron chi connectivity index (χ2n) is 3.26. The van der Waals surface area contributed by atoms with E-state index in [-0.39, 0.29) is 62.0 Å². The Morgan fingerprint density at radius 2 is 2.11 bits per heavy atom. The second kappa shape index (κ2) is 7.35. The van der Waals surface area contributed by atoms with Gasteiger partial charge in [0.25, 0.3) is 0 Å². The molecule has 0 fully saturated rings. The summed E-state index contributed by atoms with van der Waals surface area (Å²) in [7, 11) is -3.92. The van der Waals surface area contributed by atoms with Gasteiger partial charge in [0.15, 0.2) is 5.69 Å². The van der Waals surface area contributed by atoms with Crippen molar-refractivity contribution in [3.63, 3.8) is 0 Å². The van der Waals surface area contributed by atoms with Crippen LogP contribution in [-0.4, -0.2) is 20.9 Å². The standard InChI is InChI=1S/C10H10N2O4S.K/c1-7-3-4-8(5-9(7)11-2)17(15,16)12-6-10(13)14;/h3-5,12H,6H2,1H3,(H,13,14);/q;+1/p-1. The van der Waals surface area contributed by atoms with Crippen LogP contribution in [0.3, 0.4) is 0 Å². The van der Waals surface area contributed by atoms with Gasteiger partial charge in [-0.1, -0.05) is 6.07 Å². The average molecular weight is 292 g/mol. The molecule has 0 radical (unpaired) electrons. The first-order valence-electron chi connectivity index (χ1n) is 4.54. The van der Waals surface area contributed by atoms with Crippen LogP contribution in [0.2, 0.25) is 0 Å². The number of carbonyl (C=O) groups excluding carboxylic acids is 1. The number of sulfonamides is 1. The third-order valence-electron chi connectivity index (χ3n) is 2.02. The Morgan fingerprint density at radius 1 is 1.50 bits per heavy atom. The van der Waals surface area contributed by atoms with E-state index in [1.54, 1.807) is 6.92 Å². The molecule has 0 saturated carbocycles. The summed E-state index contributed by atoms with van der Waals surface area (Å²) >= 11 is 0. The maximum Gasteiger partial charge on any atom is 1.00 e. The van der Waals surface area contributed by atoms with Crippen molar-refractivity contribution in [1.82, 2.24) is 4.72 Å². The van der Waals surface area contributed by atoms with E-state index in [0.29, 0.717) is 5.56 Å². The number of aliphatic carboxylic acids is 1. The zero-order valence-corrected chi connectivity index (χ0v) is 13.9. The Labute approximate surface area is 148 Å². The van der Waals surface area contributed by atoms with E-state index in [1.165, 1.54) is 18.2 Å². The van der Waals surface area contributed by atoms with Crippen LogP contribution in [0.1, 0.15) is 5.56 Å². The minimum atomic E-state index is -3.92. The zero-order chi connectivity index (χ0) is 13.1. The van der Waals surface area contributed by atoms with Crippen molar-refractivity contribution in [2.45, 2.75) is 11.8 Å². The summed E-state index contributed by atoms with van der Waals surface area (Å²) in [5.74, 6) is -1.52. The first-order chi connectivity index (χ1) is 7.86. The van der Waals surface area contributed by atoms with Gasteiger partial charge in [0, 0.05) is 0 Å². The third-order valence-corrected chi connectivity index (χ3v) is 3.42. The summed E-state index contributed by atoms with van der Waals surface area (Å²) in [5, 5.41) is 10.2. The van der Waals surface area contributed by atoms with Crippen molar-refractivity contribution in [2.75, 3.05) is 6.54 Å². The molecule has 0 amide bonds. The SMILES string of the molecule is [C-]#[N+]c1cc(S(=O)(=O)NCC(=O)[O-])ccc1C.[K+]. The van der Waals surface area contributed by atoms with E-state index in [1.807, 2.05) is 4.72 Å². The molecule has 1 rings (SSSR count). The summed E-state index contributed by atoms with van der Waals surface area (Å²) in [5.41, 5.74) is 0.861. The molecule has 0 unspecified atom stereocenters. The topological polar surface area (TPSA) is 90.7 Å². The Kier molecular flexibility index (Phi) is 7.24. The first kappa shape index (κ1) is 17.7. The van der Waals surface area contributed by atoms with Gasteiger partial charge in [-0.3, -0.25) is 0 Å². The molecular weight excluding hydrogens is 283 g/mol. The molecule has 0 aliphatic carbocycles. The van der Waals surface area contributed by atoms with Crippen molar-refractivity contribution in [2.24, 2.45) is 0 Å². The molecule has 6 nitrogen and oxygen atoms in total. The number of aryl methyl sites for hydroxylation is 1. The van der Waals surface area contributed by atoms with Crippen LogP contribution in [0.5, 0.6) is 0 Å². The average Bonchev–Trinajstić information content (AvgIpc) is 2.27. The molecule has 0 aliphatic heterocycles. The van der Waals surface area contributed by atoms with Crippen molar-refractivity contribution < 1.29 is 69.7 Å². The molecule has 1 N–H and O–H groups in total. The Morgan fingerprint density at radius 3 is 2.61 bits per heavy atom. The van der Waals surface area contributed by atoms with Gasteiger partial charge in [0.2, 0.25) is 10.0 Å². The number of rotatable bonds is 4. The molecule has 8 heteroatoms. The fourth-order valence-electron chi connectivity index (χ4n) is 1.11. The number of nitrogens with one attached hydrogen (secondary N) is 1. The number of carboxylic acid groups (broad SMARTS) is 1. The van der Waals surface area contributed by atoms with E-state index >= 15 is 0 Å². The molecule has 1 aromatic rings. The van der Waals surface area contributed by atoms with Gasteiger partial charge >= 0.3 is 51.4 Å². The molecule has 0 heterocycles. The predicted molar refractivity (Wildman–Crippen MR) is 57.6 cm³/mol. The van der Waals surface area contributed by atoms with Crippen LogP contribution in [0.25, 0.3) is 4.85 Å². The minimum Gasteiger partial charge on any atom is -0.549 e. The van der Waals surface area contributed by atoms with Gasteiger partial charge in [0.1, 0.15) is 0 Å². The summed E-state index contributed by atoms with van der Waals surface area (Å²) in [6, 6.07) is 3.99. The zero-order valence-electron chi connectivity index (χ0n) is 9.93. The number of hydrogen-bond donors (Lipinski definition) is 1. The quantitative estimate of drug-likeness (QED) is 0.462. The molecule has 0 atom stereocenters. The predicted octanol–water partition coefficient (Wildman–Crippen LogP) is -3.42. The van der Waals surface area contributed by atoms with Gasteiger partial charge in [0.05, 0.1) is 24.0 Å². The first-order valence-corrected chi connectivity index (χ1v) is 6.03. The fraction of sp³-hybridized carbons (Fsp3) is 0.200. The van der Waals surface area contributed by atoms with Gasteiger partial charge in [-0.25, -0.2) is 18.0 Å². The van der Waals surface area contributed by atoms with E-state index in [0.717, 1.165) is 0 Å². The Bertz CT molecular complexity index is 592. The second-order valence-corrected chi connectivity index (χ2v) is 5.02. The summed E-state index contributed by atoms with van der Waals surface area (Å²) in [6.45, 7) is 7.74. The van der Waals surface area contributed by atoms with E-state index in [4.69, 9.17) is 6.57 Å². The van der Waals surface area contributed by atoms with Crippen LogP contribution in [0, 0.1) is 13.5 Å². The van der Waals surface area contributed by atoms with Gasteiger partial charge in [-0.05, 0) is 24.6 Å². The Balaban J connectivity index is 0.00000289. The largest absolute Gasteiger partial charge is 1.00 e. The summed E-state index contributed by atoms with van der Waals surface area (Å²) < 4.78 is 25.1. The smallest absolute Gasteiger partial charge is 0.549 e. The van der Waals surface area contributed by atoms with Gasteiger partial charge in [-0.2, -0.15) is 0 Å². The molecule has 0 bridgehead atoms. The third kappa shape index (κ3) is 4.77. The van der Waals surface area contributed by atoms with Crippen LogP contribution in [-0.2, 0) is 14.8 Å². The van der Waals surface area contributed by atoms with Crippen LogP contribution in [0.4, 0.5) is 5.69 Å². The van der Waals surface area contributed by atoms with E-state index in [2.05, 4.69) is 4.85 Å². The molecule has 90 valence electrons. The fourth-order valence-corrected chi connectivity index (χ4v) is 2.10. The van der Waals surface area contributed by atoms with Gasteiger partial charge in [-0.15, -0.1) is 0 Å². The molecular formula is C10H9KN2O4S. The molecule has 1 aromatic carbocycles. The van der Waals surface area contributed by atoms with Crippen molar-refractivity contribution in [3.05, 3.63) is 35.2 Å². The maximum absolute atomic E-state index is 11.6. The normalized spacial score (nSPS) is 10.2. The van der Waals surface area contributed by atoms with Crippen molar-refractivity contribution in [1.29, 1.82) is 0 Å². The molecule has 18 heavy (non-hydrogen) atoms. The molecule has 0 aromatic heterocycles. The monoisotopic (exact) mass is 292 g/mol. The van der Waals surface area contributed by atoms with Crippen LogP contribution >= 0.6 is 0 Å². The van der Waals surface area contributed by atoms with Crippen LogP contribution < -0.4 is 61.2 Å². The number of carboxylic acids is 1.